The van der Waals surface area contributed by atoms with Gasteiger partial charge in [0.05, 0.1) is 5.69 Å². The maximum absolute atomic E-state index is 12.6. The third-order valence-electron chi connectivity index (χ3n) is 2.92. The second kappa shape index (κ2) is 5.52. The molecule has 1 aliphatic carbocycles. The largest absolute Gasteiger partial charge is 0.406 e. The monoisotopic (exact) mass is 307 g/mol. The smallest absolute Gasteiger partial charge is 0.336 e. The Morgan fingerprint density at radius 3 is 2.50 bits per heavy atom. The first-order chi connectivity index (χ1) is 9.14. The van der Waals surface area contributed by atoms with Crippen LogP contribution in [0.4, 0.5) is 18.3 Å². The minimum atomic E-state index is -4.18. The fourth-order valence-electron chi connectivity index (χ4n) is 1.80. The molecular weight excluding hydrogens is 287 g/mol. The minimum Gasteiger partial charge on any atom is -0.336 e. The predicted octanol–water partition coefficient (Wildman–Crippen LogP) is 3.56. The maximum Gasteiger partial charge on any atom is 0.406 e. The highest BCUT2D eigenvalue weighted by Gasteiger charge is 2.39. The molecule has 0 atom stereocenters. The normalized spacial score (nSPS) is 16.5. The Morgan fingerprint density at radius 1 is 1.35 bits per heavy atom. The zero-order valence-corrected chi connectivity index (χ0v) is 12.7. The minimum absolute atomic E-state index is 0.00574. The van der Waals surface area contributed by atoms with E-state index in [0.29, 0.717) is 11.7 Å². The van der Waals surface area contributed by atoms with Crippen LogP contribution in [0.5, 0.6) is 0 Å². The third-order valence-corrected chi connectivity index (χ3v) is 3.85. The summed E-state index contributed by atoms with van der Waals surface area (Å²) in [4.78, 5) is 5.74. The lowest BCUT2D eigenvalue weighted by Gasteiger charge is -2.23. The molecule has 0 unspecified atom stereocenters. The fourth-order valence-corrected chi connectivity index (χ4v) is 2.69. The number of hydrogen-bond acceptors (Lipinski definition) is 4. The summed E-state index contributed by atoms with van der Waals surface area (Å²) in [6, 6.07) is 0.00574. The molecule has 0 spiro atoms. The van der Waals surface area contributed by atoms with Crippen molar-refractivity contribution in [1.82, 2.24) is 10.3 Å². The third kappa shape index (κ3) is 4.94. The van der Waals surface area contributed by atoms with Crippen molar-refractivity contribution < 1.29 is 13.2 Å². The molecular formula is C13H20F3N3S. The molecule has 7 heteroatoms. The average Bonchev–Trinajstić information content (AvgIpc) is 3.00. The van der Waals surface area contributed by atoms with Crippen LogP contribution in [0, 0.1) is 0 Å². The van der Waals surface area contributed by atoms with Gasteiger partial charge < -0.3 is 10.2 Å². The summed E-state index contributed by atoms with van der Waals surface area (Å²) in [7, 11) is 0. The zero-order valence-electron chi connectivity index (χ0n) is 11.9. The van der Waals surface area contributed by atoms with E-state index < -0.39 is 12.7 Å². The quantitative estimate of drug-likeness (QED) is 0.901. The number of alkyl halides is 3. The van der Waals surface area contributed by atoms with Crippen LogP contribution in [-0.4, -0.2) is 29.3 Å². The first kappa shape index (κ1) is 15.6. The van der Waals surface area contributed by atoms with Gasteiger partial charge in [-0.25, -0.2) is 4.98 Å². The molecule has 114 valence electrons. The Kier molecular flexibility index (Phi) is 4.30. The zero-order chi connectivity index (χ0) is 15.0. The van der Waals surface area contributed by atoms with Gasteiger partial charge in [-0.1, -0.05) is 0 Å². The molecule has 20 heavy (non-hydrogen) atoms. The Hall–Kier alpha value is -0.820. The summed E-state index contributed by atoms with van der Waals surface area (Å²) in [5.74, 6) is 0. The first-order valence-corrected chi connectivity index (χ1v) is 7.55. The highest BCUT2D eigenvalue weighted by Crippen LogP contribution is 2.35. The fraction of sp³-hybridized carbons (Fsp3) is 0.769. The van der Waals surface area contributed by atoms with Gasteiger partial charge in [-0.05, 0) is 33.6 Å². The van der Waals surface area contributed by atoms with Crippen molar-refractivity contribution in [2.24, 2.45) is 0 Å². The van der Waals surface area contributed by atoms with Gasteiger partial charge in [0.15, 0.2) is 5.13 Å². The molecule has 1 aliphatic rings. The Morgan fingerprint density at radius 2 is 2.00 bits per heavy atom. The van der Waals surface area contributed by atoms with Crippen LogP contribution in [-0.2, 0) is 6.54 Å². The van der Waals surface area contributed by atoms with E-state index in [1.807, 2.05) is 26.2 Å². The van der Waals surface area contributed by atoms with Crippen molar-refractivity contribution in [2.45, 2.75) is 57.9 Å². The average molecular weight is 307 g/mol. The molecule has 0 radical (unpaired) electrons. The molecule has 0 saturated heterocycles. The Bertz CT molecular complexity index is 446. The van der Waals surface area contributed by atoms with E-state index in [1.165, 1.54) is 16.2 Å². The second-order valence-electron chi connectivity index (χ2n) is 6.20. The van der Waals surface area contributed by atoms with Gasteiger partial charge in [-0.15, -0.1) is 11.3 Å². The van der Waals surface area contributed by atoms with Gasteiger partial charge in [0, 0.05) is 23.5 Å². The Labute approximate surface area is 121 Å². The van der Waals surface area contributed by atoms with Gasteiger partial charge in [-0.2, -0.15) is 13.2 Å². The number of rotatable bonds is 5. The van der Waals surface area contributed by atoms with E-state index >= 15 is 0 Å². The number of thiazole rings is 1. The van der Waals surface area contributed by atoms with E-state index in [2.05, 4.69) is 10.3 Å². The van der Waals surface area contributed by atoms with Gasteiger partial charge in [0.2, 0.25) is 0 Å². The molecule has 3 nitrogen and oxygen atoms in total. The van der Waals surface area contributed by atoms with Crippen molar-refractivity contribution in [3.8, 4) is 0 Å². The molecule has 1 fully saturated rings. The highest BCUT2D eigenvalue weighted by molar-refractivity contribution is 7.13. The standard InChI is InChI=1S/C13H20F3N3S/c1-12(2,3)17-6-9-7-20-11(18-9)19(10-4-5-10)8-13(14,15)16/h7,10,17H,4-6,8H2,1-3H3. The first-order valence-electron chi connectivity index (χ1n) is 6.67. The van der Waals surface area contributed by atoms with Gasteiger partial charge in [0.25, 0.3) is 0 Å². The summed E-state index contributed by atoms with van der Waals surface area (Å²) < 4.78 is 37.8. The molecule has 1 saturated carbocycles. The topological polar surface area (TPSA) is 28.2 Å². The summed E-state index contributed by atoms with van der Waals surface area (Å²) in [6.07, 6.45) is -2.53. The lowest BCUT2D eigenvalue weighted by Crippen LogP contribution is -2.36. The van der Waals surface area contributed by atoms with Crippen LogP contribution in [0.2, 0.25) is 0 Å². The Balaban J connectivity index is 2.01. The van der Waals surface area contributed by atoms with Gasteiger partial charge in [-0.3, -0.25) is 0 Å². The van der Waals surface area contributed by atoms with Crippen molar-refractivity contribution in [3.05, 3.63) is 11.1 Å². The van der Waals surface area contributed by atoms with Crippen LogP contribution in [0.1, 0.15) is 39.3 Å². The lowest BCUT2D eigenvalue weighted by atomic mass is 10.1. The van der Waals surface area contributed by atoms with Crippen LogP contribution < -0.4 is 10.2 Å². The number of hydrogen-bond donors (Lipinski definition) is 1. The predicted molar refractivity (Wildman–Crippen MR) is 75.1 cm³/mol. The van der Waals surface area contributed by atoms with Crippen LogP contribution >= 0.6 is 11.3 Å². The summed E-state index contributed by atoms with van der Waals surface area (Å²) in [5, 5.41) is 5.60. The van der Waals surface area contributed by atoms with Crippen molar-refractivity contribution >= 4 is 16.5 Å². The van der Waals surface area contributed by atoms with Crippen LogP contribution in [0.15, 0.2) is 5.38 Å². The molecule has 1 heterocycles. The number of nitrogens with zero attached hydrogens (tertiary/aromatic N) is 2. The second-order valence-corrected chi connectivity index (χ2v) is 7.04. The molecule has 1 N–H and O–H groups in total. The van der Waals surface area contributed by atoms with E-state index in [1.54, 1.807) is 0 Å². The van der Waals surface area contributed by atoms with E-state index in [9.17, 15) is 13.2 Å². The van der Waals surface area contributed by atoms with E-state index in [4.69, 9.17) is 0 Å². The summed E-state index contributed by atoms with van der Waals surface area (Å²) >= 11 is 1.29. The highest BCUT2D eigenvalue weighted by atomic mass is 32.1. The molecule has 2 rings (SSSR count). The summed E-state index contributed by atoms with van der Waals surface area (Å²) in [6.45, 7) is 5.79. The number of anilines is 1. The van der Waals surface area contributed by atoms with Crippen molar-refractivity contribution in [3.63, 3.8) is 0 Å². The number of halogens is 3. The van der Waals surface area contributed by atoms with Crippen LogP contribution in [0.3, 0.4) is 0 Å². The van der Waals surface area contributed by atoms with Gasteiger partial charge in [0.1, 0.15) is 6.54 Å². The summed E-state index contributed by atoms with van der Waals surface area (Å²) in [5.41, 5.74) is 0.763. The molecule has 0 aliphatic heterocycles. The van der Waals surface area contributed by atoms with Crippen LogP contribution in [0.25, 0.3) is 0 Å². The molecule has 0 amide bonds. The molecule has 0 bridgehead atoms. The van der Waals surface area contributed by atoms with E-state index in [0.717, 1.165) is 18.5 Å². The van der Waals surface area contributed by atoms with Gasteiger partial charge >= 0.3 is 6.18 Å². The lowest BCUT2D eigenvalue weighted by molar-refractivity contribution is -0.120. The molecule has 1 aromatic heterocycles. The molecule has 1 aromatic rings. The van der Waals surface area contributed by atoms with Crippen molar-refractivity contribution in [1.29, 1.82) is 0 Å². The number of nitrogens with one attached hydrogen (secondary N) is 1. The van der Waals surface area contributed by atoms with E-state index in [-0.39, 0.29) is 11.6 Å². The molecule has 0 aromatic carbocycles. The SMILES string of the molecule is CC(C)(C)NCc1csc(N(CC(F)(F)F)C2CC2)n1. The number of aromatic nitrogens is 1. The maximum atomic E-state index is 12.6. The van der Waals surface area contributed by atoms with Crippen molar-refractivity contribution in [2.75, 3.05) is 11.4 Å².